The summed E-state index contributed by atoms with van der Waals surface area (Å²) in [6, 6.07) is 1.42. The van der Waals surface area contributed by atoms with Crippen LogP contribution in [-0.2, 0) is 4.74 Å². The number of nitrogens with zero attached hydrogens (tertiary/aromatic N) is 2. The van der Waals surface area contributed by atoms with Gasteiger partial charge >= 0.3 is 0 Å². The van der Waals surface area contributed by atoms with E-state index >= 15 is 0 Å². The highest BCUT2D eigenvalue weighted by atomic mass is 19.1. The summed E-state index contributed by atoms with van der Waals surface area (Å²) in [5.41, 5.74) is 0.0850. The molecule has 1 aliphatic rings. The van der Waals surface area contributed by atoms with Gasteiger partial charge in [-0.1, -0.05) is 6.92 Å². The lowest BCUT2D eigenvalue weighted by Crippen LogP contribution is -2.37. The molecule has 0 radical (unpaired) electrons. The lowest BCUT2D eigenvalue weighted by Gasteiger charge is -2.23. The van der Waals surface area contributed by atoms with Gasteiger partial charge in [0.05, 0.1) is 17.9 Å². The van der Waals surface area contributed by atoms with Gasteiger partial charge in [-0.25, -0.2) is 4.39 Å². The molecule has 5 heteroatoms. The molecule has 2 heterocycles. The van der Waals surface area contributed by atoms with E-state index in [2.05, 4.69) is 4.98 Å². The molecule has 1 aromatic rings. The van der Waals surface area contributed by atoms with Crippen molar-refractivity contribution in [2.75, 3.05) is 19.7 Å². The van der Waals surface area contributed by atoms with Gasteiger partial charge in [-0.3, -0.25) is 9.78 Å². The SMILES string of the molecule is CCC1CN(C(=O)c2ccncc2F)CCCO1. The van der Waals surface area contributed by atoms with E-state index in [1.807, 2.05) is 6.92 Å². The van der Waals surface area contributed by atoms with Crippen molar-refractivity contribution in [3.63, 3.8) is 0 Å². The fourth-order valence-corrected chi connectivity index (χ4v) is 2.05. The van der Waals surface area contributed by atoms with Gasteiger partial charge < -0.3 is 9.64 Å². The maximum absolute atomic E-state index is 13.5. The molecule has 0 saturated carbocycles. The molecule has 1 fully saturated rings. The highest BCUT2D eigenvalue weighted by molar-refractivity contribution is 5.94. The van der Waals surface area contributed by atoms with Gasteiger partial charge in [0.2, 0.25) is 0 Å². The molecule has 1 atom stereocenters. The zero-order valence-corrected chi connectivity index (χ0v) is 10.4. The molecular weight excluding hydrogens is 235 g/mol. The predicted octanol–water partition coefficient (Wildman–Crippen LogP) is 1.86. The minimum absolute atomic E-state index is 0.0429. The van der Waals surface area contributed by atoms with Crippen LogP contribution in [0.4, 0.5) is 4.39 Å². The van der Waals surface area contributed by atoms with E-state index in [1.54, 1.807) is 4.90 Å². The molecule has 1 unspecified atom stereocenters. The smallest absolute Gasteiger partial charge is 0.257 e. The van der Waals surface area contributed by atoms with E-state index in [4.69, 9.17) is 4.74 Å². The fraction of sp³-hybridized carbons (Fsp3) is 0.538. The Morgan fingerprint density at radius 1 is 1.67 bits per heavy atom. The Kier molecular flexibility index (Phi) is 4.25. The first-order valence-corrected chi connectivity index (χ1v) is 6.22. The van der Waals surface area contributed by atoms with Crippen LogP contribution in [0, 0.1) is 5.82 Å². The second-order valence-corrected chi connectivity index (χ2v) is 4.36. The van der Waals surface area contributed by atoms with Crippen molar-refractivity contribution in [2.45, 2.75) is 25.9 Å². The zero-order chi connectivity index (χ0) is 13.0. The maximum Gasteiger partial charge on any atom is 0.257 e. The van der Waals surface area contributed by atoms with Crippen molar-refractivity contribution in [1.29, 1.82) is 0 Å². The lowest BCUT2D eigenvalue weighted by molar-refractivity contribution is 0.0458. The summed E-state index contributed by atoms with van der Waals surface area (Å²) in [5, 5.41) is 0. The quantitative estimate of drug-likeness (QED) is 0.807. The summed E-state index contributed by atoms with van der Waals surface area (Å²) in [6.07, 6.45) is 4.18. The summed E-state index contributed by atoms with van der Waals surface area (Å²) in [4.78, 5) is 17.6. The van der Waals surface area contributed by atoms with Gasteiger partial charge in [-0.15, -0.1) is 0 Å². The summed E-state index contributed by atoms with van der Waals surface area (Å²) in [7, 11) is 0. The molecule has 1 amide bonds. The predicted molar refractivity (Wildman–Crippen MR) is 64.7 cm³/mol. The first kappa shape index (κ1) is 13.0. The Morgan fingerprint density at radius 3 is 3.22 bits per heavy atom. The molecule has 1 aromatic heterocycles. The summed E-state index contributed by atoms with van der Waals surface area (Å²) < 4.78 is 19.1. The van der Waals surface area contributed by atoms with Crippen molar-refractivity contribution in [3.05, 3.63) is 29.8 Å². The lowest BCUT2D eigenvalue weighted by atomic mass is 10.2. The number of rotatable bonds is 2. The molecule has 4 nitrogen and oxygen atoms in total. The molecule has 18 heavy (non-hydrogen) atoms. The normalized spacial score (nSPS) is 20.6. The number of hydrogen-bond donors (Lipinski definition) is 0. The first-order valence-electron chi connectivity index (χ1n) is 6.22. The molecule has 0 aromatic carbocycles. The molecular formula is C13H17FN2O2. The van der Waals surface area contributed by atoms with Crippen LogP contribution in [0.5, 0.6) is 0 Å². The van der Waals surface area contributed by atoms with Crippen LogP contribution >= 0.6 is 0 Å². The van der Waals surface area contributed by atoms with Crippen LogP contribution in [0.2, 0.25) is 0 Å². The summed E-state index contributed by atoms with van der Waals surface area (Å²) in [6.45, 7) is 3.81. The molecule has 1 saturated heterocycles. The van der Waals surface area contributed by atoms with Crippen molar-refractivity contribution in [3.8, 4) is 0 Å². The number of amides is 1. The third kappa shape index (κ3) is 2.85. The topological polar surface area (TPSA) is 42.4 Å². The third-order valence-electron chi connectivity index (χ3n) is 3.10. The van der Waals surface area contributed by atoms with Gasteiger partial charge in [0.25, 0.3) is 5.91 Å². The highest BCUT2D eigenvalue weighted by Gasteiger charge is 2.24. The highest BCUT2D eigenvalue weighted by Crippen LogP contribution is 2.14. The van der Waals surface area contributed by atoms with E-state index in [0.717, 1.165) is 19.0 Å². The Bertz CT molecular complexity index is 425. The summed E-state index contributed by atoms with van der Waals surface area (Å²) in [5.74, 6) is -0.848. The number of ether oxygens (including phenoxy) is 1. The van der Waals surface area contributed by atoms with Crippen molar-refractivity contribution < 1.29 is 13.9 Å². The van der Waals surface area contributed by atoms with Gasteiger partial charge in [0.15, 0.2) is 5.82 Å². The van der Waals surface area contributed by atoms with Crippen LogP contribution < -0.4 is 0 Å². The fourth-order valence-electron chi connectivity index (χ4n) is 2.05. The van der Waals surface area contributed by atoms with Crippen LogP contribution in [-0.4, -0.2) is 41.6 Å². The standard InChI is InChI=1S/C13H17FN2O2/c1-2-10-9-16(6-3-7-18-10)13(17)11-4-5-15-8-12(11)14/h4-5,8,10H,2-3,6-7,9H2,1H3. The average molecular weight is 252 g/mol. The van der Waals surface area contributed by atoms with Crippen LogP contribution in [0.25, 0.3) is 0 Å². The first-order chi connectivity index (χ1) is 8.72. The zero-order valence-electron chi connectivity index (χ0n) is 10.4. The van der Waals surface area contributed by atoms with Crippen LogP contribution in [0.3, 0.4) is 0 Å². The van der Waals surface area contributed by atoms with E-state index in [9.17, 15) is 9.18 Å². The van der Waals surface area contributed by atoms with Gasteiger partial charge in [-0.05, 0) is 18.9 Å². The molecule has 98 valence electrons. The Labute approximate surface area is 106 Å². The van der Waals surface area contributed by atoms with Crippen molar-refractivity contribution >= 4 is 5.91 Å². The number of carbonyl (C=O) groups is 1. The molecule has 2 rings (SSSR count). The molecule has 1 aliphatic heterocycles. The third-order valence-corrected chi connectivity index (χ3v) is 3.10. The molecule has 0 bridgehead atoms. The molecule has 0 spiro atoms. The number of aromatic nitrogens is 1. The number of carbonyl (C=O) groups excluding carboxylic acids is 1. The minimum Gasteiger partial charge on any atom is -0.376 e. The van der Waals surface area contributed by atoms with Gasteiger partial charge in [-0.2, -0.15) is 0 Å². The van der Waals surface area contributed by atoms with Gasteiger partial charge in [0.1, 0.15) is 0 Å². The van der Waals surface area contributed by atoms with E-state index in [-0.39, 0.29) is 17.6 Å². The average Bonchev–Trinajstić information content (AvgIpc) is 2.64. The van der Waals surface area contributed by atoms with Crippen molar-refractivity contribution in [1.82, 2.24) is 9.88 Å². The Balaban J connectivity index is 2.15. The Morgan fingerprint density at radius 2 is 2.50 bits per heavy atom. The second-order valence-electron chi connectivity index (χ2n) is 4.36. The molecule has 0 aliphatic carbocycles. The van der Waals surface area contributed by atoms with Gasteiger partial charge in [0, 0.05) is 25.9 Å². The number of hydrogen-bond acceptors (Lipinski definition) is 3. The number of pyridine rings is 1. The number of halogens is 1. The minimum atomic E-state index is -0.569. The second kappa shape index (κ2) is 5.91. The van der Waals surface area contributed by atoms with E-state index in [1.165, 1.54) is 12.3 Å². The maximum atomic E-state index is 13.5. The van der Waals surface area contributed by atoms with Crippen LogP contribution in [0.15, 0.2) is 18.5 Å². The monoisotopic (exact) mass is 252 g/mol. The Hall–Kier alpha value is -1.49. The van der Waals surface area contributed by atoms with Crippen LogP contribution in [0.1, 0.15) is 30.1 Å². The largest absolute Gasteiger partial charge is 0.376 e. The van der Waals surface area contributed by atoms with E-state index < -0.39 is 5.82 Å². The van der Waals surface area contributed by atoms with Crippen molar-refractivity contribution in [2.24, 2.45) is 0 Å². The summed E-state index contributed by atoms with van der Waals surface area (Å²) >= 11 is 0. The van der Waals surface area contributed by atoms with E-state index in [0.29, 0.717) is 19.7 Å². The molecule has 0 N–H and O–H groups in total.